The number of aliphatic hydroxyl groups excluding tert-OH is 1. The van der Waals surface area contributed by atoms with E-state index < -0.39 is 0 Å². The number of hydrogen-bond acceptors (Lipinski definition) is 1. The molecular weight excluding hydrogens is 208 g/mol. The highest BCUT2D eigenvalue weighted by molar-refractivity contribution is 5.29. The van der Waals surface area contributed by atoms with Crippen LogP contribution in [0, 0.1) is 5.92 Å². The van der Waals surface area contributed by atoms with Crippen molar-refractivity contribution in [3.8, 4) is 0 Å². The molecule has 0 aliphatic heterocycles. The van der Waals surface area contributed by atoms with E-state index in [1.54, 1.807) is 0 Å². The maximum atomic E-state index is 10.4. The van der Waals surface area contributed by atoms with Crippen molar-refractivity contribution < 1.29 is 5.11 Å². The number of allylic oxidation sites excluding steroid dienone is 1. The van der Waals surface area contributed by atoms with Crippen LogP contribution in [-0.4, -0.2) is 11.2 Å². The Morgan fingerprint density at radius 3 is 2.65 bits per heavy atom. The maximum Gasteiger partial charge on any atom is 0.0784 e. The second kappa shape index (κ2) is 4.66. The zero-order chi connectivity index (χ0) is 11.7. The summed E-state index contributed by atoms with van der Waals surface area (Å²) in [6.07, 6.45) is 8.07. The number of rotatable bonds is 3. The summed E-state index contributed by atoms with van der Waals surface area (Å²) in [6, 6.07) is 10.6. The number of hydrogen-bond donors (Lipinski definition) is 1. The SMILES string of the molecule is OC(C1=CCCCC1)C1CC1c1ccccc1. The Balaban J connectivity index is 1.66. The van der Waals surface area contributed by atoms with Crippen LogP contribution in [0.2, 0.25) is 0 Å². The molecule has 1 heteroatoms. The fourth-order valence-corrected chi connectivity index (χ4v) is 3.05. The summed E-state index contributed by atoms with van der Waals surface area (Å²) in [4.78, 5) is 0. The second-order valence-corrected chi connectivity index (χ2v) is 5.39. The zero-order valence-electron chi connectivity index (χ0n) is 10.2. The van der Waals surface area contributed by atoms with Crippen LogP contribution in [-0.2, 0) is 0 Å². The Kier molecular flexibility index (Phi) is 3.02. The lowest BCUT2D eigenvalue weighted by atomic mass is 9.92. The minimum Gasteiger partial charge on any atom is -0.388 e. The average Bonchev–Trinajstić information content (AvgIpc) is 3.20. The van der Waals surface area contributed by atoms with E-state index in [9.17, 15) is 5.11 Å². The van der Waals surface area contributed by atoms with Crippen molar-refractivity contribution >= 4 is 0 Å². The van der Waals surface area contributed by atoms with Crippen LogP contribution in [0.5, 0.6) is 0 Å². The number of benzene rings is 1. The summed E-state index contributed by atoms with van der Waals surface area (Å²) >= 11 is 0. The first kappa shape index (κ1) is 11.0. The standard InChI is InChI=1S/C16H20O/c17-16(13-9-5-2-6-10-13)15-11-14(15)12-7-3-1-4-8-12/h1,3-4,7-9,14-17H,2,5-6,10-11H2. The molecule has 3 unspecified atom stereocenters. The summed E-state index contributed by atoms with van der Waals surface area (Å²) < 4.78 is 0. The molecule has 17 heavy (non-hydrogen) atoms. The molecule has 1 fully saturated rings. The normalized spacial score (nSPS) is 29.6. The summed E-state index contributed by atoms with van der Waals surface area (Å²) in [5, 5.41) is 10.4. The third-order valence-corrected chi connectivity index (χ3v) is 4.18. The van der Waals surface area contributed by atoms with E-state index in [0.29, 0.717) is 11.8 Å². The molecule has 0 aromatic heterocycles. The van der Waals surface area contributed by atoms with Gasteiger partial charge >= 0.3 is 0 Å². The van der Waals surface area contributed by atoms with Gasteiger partial charge in [-0.2, -0.15) is 0 Å². The number of aliphatic hydroxyl groups is 1. The van der Waals surface area contributed by atoms with Crippen molar-refractivity contribution in [2.24, 2.45) is 5.92 Å². The van der Waals surface area contributed by atoms with Gasteiger partial charge in [0.15, 0.2) is 0 Å². The molecule has 1 aromatic rings. The van der Waals surface area contributed by atoms with Gasteiger partial charge in [0.25, 0.3) is 0 Å². The first-order valence-electron chi connectivity index (χ1n) is 6.78. The molecule has 2 aliphatic carbocycles. The fourth-order valence-electron chi connectivity index (χ4n) is 3.05. The summed E-state index contributed by atoms with van der Waals surface area (Å²) in [6.45, 7) is 0. The van der Waals surface area contributed by atoms with Crippen LogP contribution in [0.1, 0.15) is 43.6 Å². The van der Waals surface area contributed by atoms with Crippen LogP contribution < -0.4 is 0 Å². The highest BCUT2D eigenvalue weighted by atomic mass is 16.3. The quantitative estimate of drug-likeness (QED) is 0.783. The molecule has 1 saturated carbocycles. The third-order valence-electron chi connectivity index (χ3n) is 4.18. The molecule has 1 aromatic carbocycles. The minimum absolute atomic E-state index is 0.180. The van der Waals surface area contributed by atoms with Crippen LogP contribution in [0.25, 0.3) is 0 Å². The van der Waals surface area contributed by atoms with Crippen molar-refractivity contribution in [3.05, 3.63) is 47.5 Å². The first-order valence-corrected chi connectivity index (χ1v) is 6.78. The Labute approximate surface area is 103 Å². The van der Waals surface area contributed by atoms with Gasteiger partial charge in [-0.1, -0.05) is 36.4 Å². The van der Waals surface area contributed by atoms with Gasteiger partial charge in [0, 0.05) is 0 Å². The van der Waals surface area contributed by atoms with Gasteiger partial charge in [-0.15, -0.1) is 0 Å². The second-order valence-electron chi connectivity index (χ2n) is 5.39. The van der Waals surface area contributed by atoms with E-state index in [-0.39, 0.29) is 6.10 Å². The van der Waals surface area contributed by atoms with Gasteiger partial charge in [0.2, 0.25) is 0 Å². The average molecular weight is 228 g/mol. The van der Waals surface area contributed by atoms with Crippen LogP contribution in [0.4, 0.5) is 0 Å². The lowest BCUT2D eigenvalue weighted by molar-refractivity contribution is 0.178. The molecule has 2 aliphatic rings. The predicted molar refractivity (Wildman–Crippen MR) is 69.8 cm³/mol. The van der Waals surface area contributed by atoms with Gasteiger partial charge < -0.3 is 5.11 Å². The topological polar surface area (TPSA) is 20.2 Å². The summed E-state index contributed by atoms with van der Waals surface area (Å²) in [5.74, 6) is 1.07. The third kappa shape index (κ3) is 2.30. The molecule has 0 amide bonds. The lowest BCUT2D eigenvalue weighted by Gasteiger charge is -2.18. The fraction of sp³-hybridized carbons (Fsp3) is 0.500. The van der Waals surface area contributed by atoms with E-state index in [2.05, 4.69) is 36.4 Å². The molecule has 1 nitrogen and oxygen atoms in total. The van der Waals surface area contributed by atoms with Crippen molar-refractivity contribution in [2.45, 2.75) is 44.1 Å². The van der Waals surface area contributed by atoms with Gasteiger partial charge in [-0.3, -0.25) is 0 Å². The van der Waals surface area contributed by atoms with Gasteiger partial charge in [0.1, 0.15) is 0 Å². The molecule has 0 bridgehead atoms. The molecule has 1 N–H and O–H groups in total. The van der Waals surface area contributed by atoms with E-state index in [1.165, 1.54) is 24.0 Å². The molecule has 0 radical (unpaired) electrons. The Hall–Kier alpha value is -1.08. The Bertz CT molecular complexity index is 407. The van der Waals surface area contributed by atoms with Crippen LogP contribution in [0.15, 0.2) is 42.0 Å². The van der Waals surface area contributed by atoms with Crippen molar-refractivity contribution in [3.63, 3.8) is 0 Å². The molecule has 90 valence electrons. The van der Waals surface area contributed by atoms with Gasteiger partial charge in [-0.05, 0) is 55.1 Å². The summed E-state index contributed by atoms with van der Waals surface area (Å²) in [5.41, 5.74) is 2.70. The molecule has 0 heterocycles. The molecule has 3 rings (SSSR count). The highest BCUT2D eigenvalue weighted by Gasteiger charge is 2.44. The van der Waals surface area contributed by atoms with E-state index in [0.717, 1.165) is 19.3 Å². The lowest BCUT2D eigenvalue weighted by Crippen LogP contribution is -2.15. The van der Waals surface area contributed by atoms with Gasteiger partial charge in [0.05, 0.1) is 6.10 Å². The monoisotopic (exact) mass is 228 g/mol. The predicted octanol–water partition coefficient (Wildman–Crippen LogP) is 3.65. The van der Waals surface area contributed by atoms with E-state index in [4.69, 9.17) is 0 Å². The Morgan fingerprint density at radius 1 is 1.12 bits per heavy atom. The van der Waals surface area contributed by atoms with E-state index >= 15 is 0 Å². The Morgan fingerprint density at radius 2 is 1.94 bits per heavy atom. The molecular formula is C16H20O. The summed E-state index contributed by atoms with van der Waals surface area (Å²) in [7, 11) is 0. The molecule has 0 saturated heterocycles. The van der Waals surface area contributed by atoms with Crippen molar-refractivity contribution in [1.29, 1.82) is 0 Å². The van der Waals surface area contributed by atoms with Crippen molar-refractivity contribution in [2.75, 3.05) is 0 Å². The van der Waals surface area contributed by atoms with Crippen LogP contribution in [0.3, 0.4) is 0 Å². The zero-order valence-corrected chi connectivity index (χ0v) is 10.2. The highest BCUT2D eigenvalue weighted by Crippen LogP contribution is 2.51. The first-order chi connectivity index (χ1) is 8.36. The minimum atomic E-state index is -0.180. The molecule has 0 spiro atoms. The molecule has 3 atom stereocenters. The van der Waals surface area contributed by atoms with Crippen molar-refractivity contribution in [1.82, 2.24) is 0 Å². The smallest absolute Gasteiger partial charge is 0.0784 e. The van der Waals surface area contributed by atoms with Crippen LogP contribution >= 0.6 is 0 Å². The largest absolute Gasteiger partial charge is 0.388 e. The van der Waals surface area contributed by atoms with Gasteiger partial charge in [-0.25, -0.2) is 0 Å². The van der Waals surface area contributed by atoms with E-state index in [1.807, 2.05) is 0 Å². The maximum absolute atomic E-state index is 10.4.